The summed E-state index contributed by atoms with van der Waals surface area (Å²) >= 11 is 18.2. The van der Waals surface area contributed by atoms with E-state index in [2.05, 4.69) is 9.71 Å². The second-order valence-electron chi connectivity index (χ2n) is 6.03. The van der Waals surface area contributed by atoms with E-state index in [4.69, 9.17) is 34.8 Å². The number of sulfonamides is 1. The summed E-state index contributed by atoms with van der Waals surface area (Å²) < 4.78 is 27.9. The molecule has 0 amide bonds. The van der Waals surface area contributed by atoms with Crippen molar-refractivity contribution in [1.82, 2.24) is 4.98 Å². The first kappa shape index (κ1) is 20.0. The van der Waals surface area contributed by atoms with Crippen molar-refractivity contribution in [2.24, 2.45) is 0 Å². The van der Waals surface area contributed by atoms with Gasteiger partial charge in [-0.3, -0.25) is 4.72 Å². The molecule has 0 unspecified atom stereocenters. The monoisotopic (exact) mass is 440 g/mol. The molecule has 1 heterocycles. The fraction of sp³-hybridized carbons (Fsp3) is 0.105. The van der Waals surface area contributed by atoms with E-state index < -0.39 is 10.0 Å². The lowest BCUT2D eigenvalue weighted by molar-refractivity contribution is 0.600. The summed E-state index contributed by atoms with van der Waals surface area (Å²) in [5, 5.41) is 1.55. The van der Waals surface area contributed by atoms with Crippen molar-refractivity contribution in [3.63, 3.8) is 0 Å². The van der Waals surface area contributed by atoms with Gasteiger partial charge < -0.3 is 0 Å². The van der Waals surface area contributed by atoms with Gasteiger partial charge in [-0.2, -0.15) is 0 Å². The number of aromatic nitrogens is 1. The smallest absolute Gasteiger partial charge is 0.263 e. The molecule has 0 aliphatic rings. The van der Waals surface area contributed by atoms with E-state index in [-0.39, 0.29) is 10.7 Å². The van der Waals surface area contributed by atoms with Crippen LogP contribution in [0.2, 0.25) is 15.1 Å². The molecule has 0 fully saturated rings. The van der Waals surface area contributed by atoms with Crippen molar-refractivity contribution >= 4 is 50.6 Å². The predicted octanol–water partition coefficient (Wildman–Crippen LogP) is 6.13. The van der Waals surface area contributed by atoms with Crippen LogP contribution in [-0.2, 0) is 10.0 Å². The standard InChI is InChI=1S/C19H15Cl3N2O2S/c1-11-8-18(12(2)7-16(11)21)27(25,26)24-19-6-3-13(10-23-19)15-5-4-14(20)9-17(15)22/h3-10H,1-2H3,(H,23,24). The number of hydrogen-bond donors (Lipinski definition) is 1. The average molecular weight is 442 g/mol. The van der Waals surface area contributed by atoms with Gasteiger partial charge in [0.1, 0.15) is 5.82 Å². The van der Waals surface area contributed by atoms with Gasteiger partial charge in [0, 0.05) is 32.4 Å². The van der Waals surface area contributed by atoms with Crippen LogP contribution in [0.25, 0.3) is 11.1 Å². The number of rotatable bonds is 4. The van der Waals surface area contributed by atoms with Crippen molar-refractivity contribution in [1.29, 1.82) is 0 Å². The molecule has 0 aliphatic carbocycles. The molecular weight excluding hydrogens is 427 g/mol. The topological polar surface area (TPSA) is 59.1 Å². The van der Waals surface area contributed by atoms with E-state index in [0.717, 1.165) is 11.1 Å². The van der Waals surface area contributed by atoms with Gasteiger partial charge in [-0.1, -0.05) is 40.9 Å². The molecule has 0 radical (unpaired) electrons. The third-order valence-corrected chi connectivity index (χ3v) is 6.44. The molecule has 27 heavy (non-hydrogen) atoms. The number of nitrogens with one attached hydrogen (secondary N) is 1. The fourth-order valence-corrected chi connectivity index (χ4v) is 4.63. The van der Waals surface area contributed by atoms with Crippen molar-refractivity contribution in [3.8, 4) is 11.1 Å². The third-order valence-electron chi connectivity index (χ3n) is 3.99. The first-order chi connectivity index (χ1) is 12.7. The SMILES string of the molecule is Cc1cc(S(=O)(=O)Nc2ccc(-c3ccc(Cl)cc3Cl)cn2)c(C)cc1Cl. The molecular formula is C19H15Cl3N2O2S. The van der Waals surface area contributed by atoms with Gasteiger partial charge in [0.15, 0.2) is 0 Å². The lowest BCUT2D eigenvalue weighted by Crippen LogP contribution is -2.15. The van der Waals surface area contributed by atoms with E-state index in [0.29, 0.717) is 26.2 Å². The molecule has 0 atom stereocenters. The number of hydrogen-bond acceptors (Lipinski definition) is 3. The zero-order valence-corrected chi connectivity index (χ0v) is 17.5. The Labute approximate surface area is 173 Å². The van der Waals surface area contributed by atoms with Gasteiger partial charge in [-0.15, -0.1) is 0 Å². The maximum atomic E-state index is 12.7. The quantitative estimate of drug-likeness (QED) is 0.530. The van der Waals surface area contributed by atoms with Gasteiger partial charge in [0.2, 0.25) is 0 Å². The summed E-state index contributed by atoms with van der Waals surface area (Å²) in [6, 6.07) is 11.6. The van der Waals surface area contributed by atoms with E-state index >= 15 is 0 Å². The van der Waals surface area contributed by atoms with Crippen LogP contribution in [0.4, 0.5) is 5.82 Å². The van der Waals surface area contributed by atoms with Crippen LogP contribution in [0.5, 0.6) is 0 Å². The number of pyridine rings is 1. The van der Waals surface area contributed by atoms with Crippen molar-refractivity contribution in [2.75, 3.05) is 4.72 Å². The van der Waals surface area contributed by atoms with Gasteiger partial charge in [-0.05, 0) is 61.4 Å². The van der Waals surface area contributed by atoms with Crippen LogP contribution < -0.4 is 4.72 Å². The van der Waals surface area contributed by atoms with E-state index in [1.807, 2.05) is 0 Å². The lowest BCUT2D eigenvalue weighted by atomic mass is 10.1. The summed E-state index contributed by atoms with van der Waals surface area (Å²) in [7, 11) is -3.79. The van der Waals surface area contributed by atoms with E-state index in [9.17, 15) is 8.42 Å². The molecule has 2 aromatic carbocycles. The van der Waals surface area contributed by atoms with Gasteiger partial charge >= 0.3 is 0 Å². The number of halogens is 3. The van der Waals surface area contributed by atoms with Crippen LogP contribution in [0.15, 0.2) is 53.6 Å². The highest BCUT2D eigenvalue weighted by molar-refractivity contribution is 7.92. The van der Waals surface area contributed by atoms with Gasteiger partial charge in [-0.25, -0.2) is 13.4 Å². The Hall–Kier alpha value is -1.79. The number of anilines is 1. The maximum Gasteiger partial charge on any atom is 0.263 e. The molecule has 3 rings (SSSR count). The van der Waals surface area contributed by atoms with Crippen molar-refractivity contribution < 1.29 is 8.42 Å². The summed E-state index contributed by atoms with van der Waals surface area (Å²) in [5.41, 5.74) is 2.75. The summed E-state index contributed by atoms with van der Waals surface area (Å²) in [6.45, 7) is 3.45. The van der Waals surface area contributed by atoms with E-state index in [1.54, 1.807) is 62.5 Å². The second-order valence-corrected chi connectivity index (χ2v) is 8.93. The second kappa shape index (κ2) is 7.68. The summed E-state index contributed by atoms with van der Waals surface area (Å²) in [5.74, 6) is 0.204. The van der Waals surface area contributed by atoms with Crippen LogP contribution in [0, 0.1) is 13.8 Å². The molecule has 0 aliphatic heterocycles. The molecule has 0 saturated carbocycles. The Morgan fingerprint density at radius 1 is 0.889 bits per heavy atom. The highest BCUT2D eigenvalue weighted by atomic mass is 35.5. The molecule has 4 nitrogen and oxygen atoms in total. The lowest BCUT2D eigenvalue weighted by Gasteiger charge is -2.12. The Morgan fingerprint density at radius 3 is 2.26 bits per heavy atom. The molecule has 8 heteroatoms. The maximum absolute atomic E-state index is 12.7. The number of nitrogens with zero attached hydrogens (tertiary/aromatic N) is 1. The first-order valence-electron chi connectivity index (χ1n) is 7.88. The zero-order valence-electron chi connectivity index (χ0n) is 14.4. The molecule has 0 saturated heterocycles. The van der Waals surface area contributed by atoms with Gasteiger partial charge in [0.05, 0.1) is 4.90 Å². The van der Waals surface area contributed by atoms with Crippen LogP contribution in [-0.4, -0.2) is 13.4 Å². The fourth-order valence-electron chi connectivity index (χ4n) is 2.57. The minimum Gasteiger partial charge on any atom is -0.263 e. The number of benzene rings is 2. The third kappa shape index (κ3) is 4.38. The molecule has 1 aromatic heterocycles. The Bertz CT molecular complexity index is 1110. The predicted molar refractivity (Wildman–Crippen MR) is 111 cm³/mol. The minimum atomic E-state index is -3.79. The minimum absolute atomic E-state index is 0.163. The Morgan fingerprint density at radius 2 is 1.63 bits per heavy atom. The molecule has 0 bridgehead atoms. The highest BCUT2D eigenvalue weighted by Gasteiger charge is 2.19. The Balaban J connectivity index is 1.89. The average Bonchev–Trinajstić information content (AvgIpc) is 2.58. The summed E-state index contributed by atoms with van der Waals surface area (Å²) in [6.07, 6.45) is 1.55. The Kier molecular flexibility index (Phi) is 5.68. The molecule has 1 N–H and O–H groups in total. The first-order valence-corrected chi connectivity index (χ1v) is 10.5. The van der Waals surface area contributed by atoms with Crippen LogP contribution in [0.1, 0.15) is 11.1 Å². The molecule has 140 valence electrons. The molecule has 3 aromatic rings. The molecule has 0 spiro atoms. The van der Waals surface area contributed by atoms with E-state index in [1.165, 1.54) is 0 Å². The van der Waals surface area contributed by atoms with Gasteiger partial charge in [0.25, 0.3) is 10.0 Å². The van der Waals surface area contributed by atoms with Crippen molar-refractivity contribution in [2.45, 2.75) is 18.7 Å². The zero-order chi connectivity index (χ0) is 19.8. The highest BCUT2D eigenvalue weighted by Crippen LogP contribution is 2.31. The van der Waals surface area contributed by atoms with Crippen molar-refractivity contribution in [3.05, 3.63) is 74.9 Å². The largest absolute Gasteiger partial charge is 0.263 e. The normalized spacial score (nSPS) is 11.4. The van der Waals surface area contributed by atoms with Crippen LogP contribution >= 0.6 is 34.8 Å². The number of aryl methyl sites for hydroxylation is 2. The van der Waals surface area contributed by atoms with Crippen LogP contribution in [0.3, 0.4) is 0 Å². The summed E-state index contributed by atoms with van der Waals surface area (Å²) in [4.78, 5) is 4.35.